The lowest BCUT2D eigenvalue weighted by Crippen LogP contribution is -2.42. The molecule has 1 fully saturated rings. The zero-order chi connectivity index (χ0) is 16.7. The van der Waals surface area contributed by atoms with Crippen LogP contribution in [0, 0.1) is 17.7 Å². The molecule has 4 nitrogen and oxygen atoms in total. The summed E-state index contributed by atoms with van der Waals surface area (Å²) in [4.78, 5) is 14.6. The van der Waals surface area contributed by atoms with E-state index >= 15 is 0 Å². The number of carbonyl (C=O) groups excluding carboxylic acids is 1. The van der Waals surface area contributed by atoms with E-state index in [0.29, 0.717) is 11.8 Å². The van der Waals surface area contributed by atoms with Crippen LogP contribution in [0.5, 0.6) is 0 Å². The molecule has 0 spiro atoms. The van der Waals surface area contributed by atoms with Crippen molar-refractivity contribution in [3.8, 4) is 11.3 Å². The highest BCUT2D eigenvalue weighted by atomic mass is 19.1. The van der Waals surface area contributed by atoms with Crippen molar-refractivity contribution >= 4 is 5.91 Å². The van der Waals surface area contributed by atoms with Gasteiger partial charge < -0.3 is 4.90 Å². The lowest BCUT2D eigenvalue weighted by Gasteiger charge is -2.35. The van der Waals surface area contributed by atoms with Crippen LogP contribution in [0.25, 0.3) is 11.3 Å². The average Bonchev–Trinajstić information content (AvgIpc) is 2.83. The first-order chi connectivity index (χ1) is 11.6. The van der Waals surface area contributed by atoms with E-state index in [-0.39, 0.29) is 11.7 Å². The largest absolute Gasteiger partial charge is 0.342 e. The first-order valence-electron chi connectivity index (χ1n) is 8.72. The summed E-state index contributed by atoms with van der Waals surface area (Å²) < 4.78 is 13.1. The third-order valence-corrected chi connectivity index (χ3v) is 5.37. The minimum absolute atomic E-state index is 0.228. The van der Waals surface area contributed by atoms with Gasteiger partial charge in [-0.3, -0.25) is 9.89 Å². The van der Waals surface area contributed by atoms with Gasteiger partial charge in [-0.25, -0.2) is 4.39 Å². The van der Waals surface area contributed by atoms with Gasteiger partial charge in [-0.05, 0) is 49.4 Å². The molecule has 1 saturated carbocycles. The maximum absolute atomic E-state index is 13.1. The SMILES string of the molecule is CC1CC(C(=O)N2CCc3[nH]nc(-c4ccc(F)cc4)c3CC2)C1. The fraction of sp³-hybridized carbons (Fsp3) is 0.474. The van der Waals surface area contributed by atoms with E-state index in [0.717, 1.165) is 55.7 Å². The molecule has 0 atom stereocenters. The number of fused-ring (bicyclic) bond motifs is 1. The van der Waals surface area contributed by atoms with Gasteiger partial charge in [-0.15, -0.1) is 0 Å². The number of H-pyrrole nitrogens is 1. The predicted molar refractivity (Wildman–Crippen MR) is 89.9 cm³/mol. The summed E-state index contributed by atoms with van der Waals surface area (Å²) in [6.07, 6.45) is 3.66. The first-order valence-corrected chi connectivity index (χ1v) is 8.72. The van der Waals surface area contributed by atoms with Crippen LogP contribution in [0.3, 0.4) is 0 Å². The summed E-state index contributed by atoms with van der Waals surface area (Å²) in [5, 5.41) is 7.55. The van der Waals surface area contributed by atoms with Crippen molar-refractivity contribution in [1.29, 1.82) is 0 Å². The molecule has 2 aliphatic rings. The topological polar surface area (TPSA) is 49.0 Å². The number of amides is 1. The second-order valence-electron chi connectivity index (χ2n) is 7.13. The number of benzene rings is 1. The smallest absolute Gasteiger partial charge is 0.225 e. The van der Waals surface area contributed by atoms with Gasteiger partial charge in [-0.1, -0.05) is 6.92 Å². The van der Waals surface area contributed by atoms with Crippen molar-refractivity contribution < 1.29 is 9.18 Å². The summed E-state index contributed by atoms with van der Waals surface area (Å²) in [5.74, 6) is 0.987. The van der Waals surface area contributed by atoms with Crippen molar-refractivity contribution in [3.05, 3.63) is 41.3 Å². The summed E-state index contributed by atoms with van der Waals surface area (Å²) in [6.45, 7) is 3.70. The Kier molecular flexibility index (Phi) is 3.87. The molecule has 2 heterocycles. The Morgan fingerprint density at radius 1 is 1.21 bits per heavy atom. The quantitative estimate of drug-likeness (QED) is 0.921. The number of halogens is 1. The Hall–Kier alpha value is -2.17. The Bertz CT molecular complexity index is 746. The molecular formula is C19H22FN3O. The Morgan fingerprint density at radius 2 is 1.92 bits per heavy atom. The van der Waals surface area contributed by atoms with Gasteiger partial charge in [0, 0.05) is 42.2 Å². The highest BCUT2D eigenvalue weighted by Crippen LogP contribution is 2.35. The van der Waals surface area contributed by atoms with Crippen molar-refractivity contribution in [2.45, 2.75) is 32.6 Å². The molecule has 1 N–H and O–H groups in total. The van der Waals surface area contributed by atoms with E-state index in [2.05, 4.69) is 17.1 Å². The molecule has 1 aromatic carbocycles. The fourth-order valence-corrected chi connectivity index (χ4v) is 3.91. The molecule has 24 heavy (non-hydrogen) atoms. The molecule has 1 aliphatic carbocycles. The van der Waals surface area contributed by atoms with E-state index in [1.807, 2.05) is 4.90 Å². The number of rotatable bonds is 2. The van der Waals surface area contributed by atoms with Crippen LogP contribution < -0.4 is 0 Å². The molecular weight excluding hydrogens is 305 g/mol. The summed E-state index contributed by atoms with van der Waals surface area (Å²) in [7, 11) is 0. The first kappa shape index (κ1) is 15.4. The number of aromatic amines is 1. The number of hydrogen-bond donors (Lipinski definition) is 1. The van der Waals surface area contributed by atoms with Crippen molar-refractivity contribution in [2.75, 3.05) is 13.1 Å². The molecule has 1 aliphatic heterocycles. The molecule has 2 aromatic rings. The zero-order valence-electron chi connectivity index (χ0n) is 13.9. The van der Waals surface area contributed by atoms with Crippen LogP contribution in [0.4, 0.5) is 4.39 Å². The van der Waals surface area contributed by atoms with Crippen LogP contribution in [-0.2, 0) is 17.6 Å². The fourth-order valence-electron chi connectivity index (χ4n) is 3.91. The third-order valence-electron chi connectivity index (χ3n) is 5.37. The highest BCUT2D eigenvalue weighted by Gasteiger charge is 2.35. The molecule has 1 amide bonds. The van der Waals surface area contributed by atoms with Crippen LogP contribution in [0.2, 0.25) is 0 Å². The molecule has 1 aromatic heterocycles. The van der Waals surface area contributed by atoms with E-state index in [4.69, 9.17) is 0 Å². The lowest BCUT2D eigenvalue weighted by molar-refractivity contribution is -0.139. The number of hydrogen-bond acceptors (Lipinski definition) is 2. The van der Waals surface area contributed by atoms with Gasteiger partial charge in [0.25, 0.3) is 0 Å². The van der Waals surface area contributed by atoms with Crippen LogP contribution >= 0.6 is 0 Å². The molecule has 0 unspecified atom stereocenters. The number of nitrogens with zero attached hydrogens (tertiary/aromatic N) is 2. The number of nitrogens with one attached hydrogen (secondary N) is 1. The lowest BCUT2D eigenvalue weighted by atomic mass is 9.75. The second kappa shape index (κ2) is 6.04. The third kappa shape index (κ3) is 2.72. The Morgan fingerprint density at radius 3 is 2.62 bits per heavy atom. The van der Waals surface area contributed by atoms with Gasteiger partial charge in [-0.2, -0.15) is 5.10 Å². The van der Waals surface area contributed by atoms with Gasteiger partial charge in [0.05, 0.1) is 5.69 Å². The minimum atomic E-state index is -0.244. The van der Waals surface area contributed by atoms with Crippen LogP contribution in [0.15, 0.2) is 24.3 Å². The van der Waals surface area contributed by atoms with E-state index in [9.17, 15) is 9.18 Å². The number of aromatic nitrogens is 2. The molecule has 0 bridgehead atoms. The monoisotopic (exact) mass is 327 g/mol. The second-order valence-corrected chi connectivity index (χ2v) is 7.13. The van der Waals surface area contributed by atoms with E-state index < -0.39 is 0 Å². The molecule has 0 saturated heterocycles. The molecule has 0 radical (unpaired) electrons. The summed E-state index contributed by atoms with van der Waals surface area (Å²) in [5.41, 5.74) is 4.07. The Balaban J connectivity index is 1.51. The highest BCUT2D eigenvalue weighted by molar-refractivity contribution is 5.80. The van der Waals surface area contributed by atoms with Gasteiger partial charge in [0.2, 0.25) is 5.91 Å². The maximum Gasteiger partial charge on any atom is 0.225 e. The summed E-state index contributed by atoms with van der Waals surface area (Å²) >= 11 is 0. The predicted octanol–water partition coefficient (Wildman–Crippen LogP) is 3.19. The van der Waals surface area contributed by atoms with Gasteiger partial charge in [0.15, 0.2) is 0 Å². The molecule has 4 rings (SSSR count). The standard InChI is InChI=1S/C19H22FN3O/c1-12-10-14(11-12)19(24)23-8-6-16-17(7-9-23)21-22-18(16)13-2-4-15(20)5-3-13/h2-5,12,14H,6-11H2,1H3,(H,21,22). The zero-order valence-corrected chi connectivity index (χ0v) is 13.9. The van der Waals surface area contributed by atoms with E-state index in [1.165, 1.54) is 17.7 Å². The van der Waals surface area contributed by atoms with E-state index in [1.54, 1.807) is 12.1 Å². The van der Waals surface area contributed by atoms with Gasteiger partial charge >= 0.3 is 0 Å². The Labute approximate surface area is 141 Å². The number of carbonyl (C=O) groups is 1. The molecule has 5 heteroatoms. The van der Waals surface area contributed by atoms with Gasteiger partial charge in [0.1, 0.15) is 5.82 Å². The maximum atomic E-state index is 13.1. The average molecular weight is 327 g/mol. The van der Waals surface area contributed by atoms with Crippen molar-refractivity contribution in [1.82, 2.24) is 15.1 Å². The van der Waals surface area contributed by atoms with Crippen molar-refractivity contribution in [3.63, 3.8) is 0 Å². The summed E-state index contributed by atoms with van der Waals surface area (Å²) in [6, 6.07) is 6.44. The minimum Gasteiger partial charge on any atom is -0.342 e. The van der Waals surface area contributed by atoms with Crippen LogP contribution in [0.1, 0.15) is 31.0 Å². The normalized spacial score (nSPS) is 23.3. The molecule has 126 valence electrons. The van der Waals surface area contributed by atoms with Crippen molar-refractivity contribution in [2.24, 2.45) is 11.8 Å². The van der Waals surface area contributed by atoms with Crippen LogP contribution in [-0.4, -0.2) is 34.1 Å².